The van der Waals surface area contributed by atoms with Crippen LogP contribution in [0.25, 0.3) is 11.1 Å². The maximum absolute atomic E-state index is 16.4. The fourth-order valence-electron chi connectivity index (χ4n) is 5.42. The SMILES string of the molecule is CC(C)c1cc2c(c(-c3ccc(F)cc3)c1C(F)c1ccc(C(F)(F)F)cc1)[C@@H](O)CC1(CCC1)O2. The van der Waals surface area contributed by atoms with Gasteiger partial charge in [0.05, 0.1) is 11.7 Å². The lowest BCUT2D eigenvalue weighted by Gasteiger charge is -2.47. The summed E-state index contributed by atoms with van der Waals surface area (Å²) in [6.45, 7) is 3.80. The van der Waals surface area contributed by atoms with E-state index < -0.39 is 35.4 Å². The first kappa shape index (κ1) is 24.8. The van der Waals surface area contributed by atoms with Crippen molar-refractivity contribution in [3.05, 3.63) is 88.2 Å². The Balaban J connectivity index is 1.74. The van der Waals surface area contributed by atoms with Crippen molar-refractivity contribution in [2.45, 2.75) is 69.5 Å². The van der Waals surface area contributed by atoms with Gasteiger partial charge in [-0.15, -0.1) is 0 Å². The zero-order valence-electron chi connectivity index (χ0n) is 20.0. The van der Waals surface area contributed by atoms with E-state index in [1.54, 1.807) is 6.07 Å². The molecule has 1 aliphatic carbocycles. The Bertz CT molecular complexity index is 1260. The summed E-state index contributed by atoms with van der Waals surface area (Å²) >= 11 is 0. The lowest BCUT2D eigenvalue weighted by atomic mass is 9.71. The van der Waals surface area contributed by atoms with Gasteiger partial charge in [-0.3, -0.25) is 0 Å². The third-order valence-corrected chi connectivity index (χ3v) is 7.43. The second-order valence-corrected chi connectivity index (χ2v) is 10.2. The minimum atomic E-state index is -4.53. The maximum atomic E-state index is 16.4. The van der Waals surface area contributed by atoms with E-state index in [9.17, 15) is 22.7 Å². The van der Waals surface area contributed by atoms with Crippen LogP contribution in [-0.4, -0.2) is 10.7 Å². The predicted molar refractivity (Wildman–Crippen MR) is 127 cm³/mol. The third-order valence-electron chi connectivity index (χ3n) is 7.43. The van der Waals surface area contributed by atoms with Crippen molar-refractivity contribution in [2.24, 2.45) is 0 Å². The highest BCUT2D eigenvalue weighted by atomic mass is 19.4. The molecular formula is C29H27F5O2. The van der Waals surface area contributed by atoms with E-state index in [-0.39, 0.29) is 17.0 Å². The summed E-state index contributed by atoms with van der Waals surface area (Å²) in [5, 5.41) is 11.3. The molecule has 1 heterocycles. The Morgan fingerprint density at radius 1 is 1.00 bits per heavy atom. The first-order valence-corrected chi connectivity index (χ1v) is 12.1. The first-order valence-electron chi connectivity index (χ1n) is 12.1. The zero-order chi connectivity index (χ0) is 25.8. The molecule has 1 N–H and O–H groups in total. The van der Waals surface area contributed by atoms with Gasteiger partial charge in [0, 0.05) is 17.5 Å². The van der Waals surface area contributed by atoms with E-state index in [4.69, 9.17) is 4.74 Å². The van der Waals surface area contributed by atoms with E-state index in [2.05, 4.69) is 0 Å². The number of rotatable bonds is 4. The van der Waals surface area contributed by atoms with Crippen molar-refractivity contribution < 1.29 is 31.8 Å². The molecule has 1 unspecified atom stereocenters. The monoisotopic (exact) mass is 502 g/mol. The molecule has 3 aromatic carbocycles. The van der Waals surface area contributed by atoms with E-state index in [0.717, 1.165) is 43.5 Å². The number of fused-ring (bicyclic) bond motifs is 1. The van der Waals surface area contributed by atoms with Gasteiger partial charge in [-0.05, 0) is 77.8 Å². The largest absolute Gasteiger partial charge is 0.487 e. The summed E-state index contributed by atoms with van der Waals surface area (Å²) in [5.41, 5.74) is 0.998. The summed E-state index contributed by atoms with van der Waals surface area (Å²) in [5.74, 6) is -0.129. The predicted octanol–water partition coefficient (Wildman–Crippen LogP) is 8.43. The number of ether oxygens (including phenoxy) is 1. The van der Waals surface area contributed by atoms with Crippen molar-refractivity contribution in [3.63, 3.8) is 0 Å². The van der Waals surface area contributed by atoms with Gasteiger partial charge >= 0.3 is 6.18 Å². The highest BCUT2D eigenvalue weighted by Gasteiger charge is 2.47. The van der Waals surface area contributed by atoms with Crippen LogP contribution in [0.4, 0.5) is 22.0 Å². The smallest absolute Gasteiger partial charge is 0.416 e. The van der Waals surface area contributed by atoms with Crippen LogP contribution in [-0.2, 0) is 6.18 Å². The molecule has 7 heteroatoms. The molecule has 3 aromatic rings. The van der Waals surface area contributed by atoms with Gasteiger partial charge in [-0.25, -0.2) is 8.78 Å². The quantitative estimate of drug-likeness (QED) is 0.363. The van der Waals surface area contributed by atoms with Crippen molar-refractivity contribution in [1.29, 1.82) is 0 Å². The number of aliphatic hydroxyl groups is 1. The van der Waals surface area contributed by atoms with Gasteiger partial charge < -0.3 is 9.84 Å². The van der Waals surface area contributed by atoms with Crippen LogP contribution in [0.5, 0.6) is 5.75 Å². The standard InChI is InChI=1S/C29H27F5O2/c1-16(2)21-14-23-26(22(35)15-28(36-23)12-3-13-28)24(17-6-10-20(30)11-7-17)25(21)27(31)18-4-8-19(9-5-18)29(32,33)34/h4-11,14,16,22,27,35H,3,12-13,15H2,1-2H3/t22-,27?/m0/s1. The fraction of sp³-hybridized carbons (Fsp3) is 0.379. The molecule has 0 aromatic heterocycles. The van der Waals surface area contributed by atoms with Crippen molar-refractivity contribution in [3.8, 4) is 16.9 Å². The number of alkyl halides is 4. The van der Waals surface area contributed by atoms with Crippen LogP contribution in [0.1, 0.15) is 85.5 Å². The molecule has 1 aliphatic heterocycles. The fourth-order valence-corrected chi connectivity index (χ4v) is 5.42. The molecule has 1 fully saturated rings. The maximum Gasteiger partial charge on any atom is 0.416 e. The molecule has 0 amide bonds. The number of aliphatic hydroxyl groups excluding tert-OH is 1. The molecule has 190 valence electrons. The Kier molecular flexibility index (Phi) is 6.10. The summed E-state index contributed by atoms with van der Waals surface area (Å²) in [6, 6.07) is 11.4. The molecule has 0 radical (unpaired) electrons. The molecular weight excluding hydrogens is 475 g/mol. The summed E-state index contributed by atoms with van der Waals surface area (Å²) in [7, 11) is 0. The minimum absolute atomic E-state index is 0.0647. The van der Waals surface area contributed by atoms with Crippen molar-refractivity contribution in [1.82, 2.24) is 0 Å². The normalized spacial score (nSPS) is 19.5. The lowest BCUT2D eigenvalue weighted by molar-refractivity contribution is -0.137. The Labute approximate surface area is 206 Å². The Morgan fingerprint density at radius 3 is 2.17 bits per heavy atom. The zero-order valence-corrected chi connectivity index (χ0v) is 20.0. The molecule has 2 nitrogen and oxygen atoms in total. The second kappa shape index (κ2) is 8.87. The van der Waals surface area contributed by atoms with Crippen molar-refractivity contribution >= 4 is 0 Å². The highest BCUT2D eigenvalue weighted by Crippen LogP contribution is 2.54. The Morgan fingerprint density at radius 2 is 1.64 bits per heavy atom. The average molecular weight is 503 g/mol. The molecule has 5 rings (SSSR count). The Hall–Kier alpha value is -2.93. The van der Waals surface area contributed by atoms with Gasteiger partial charge in [-0.1, -0.05) is 38.1 Å². The lowest BCUT2D eigenvalue weighted by Crippen LogP contribution is -2.47. The highest BCUT2D eigenvalue weighted by molar-refractivity contribution is 5.78. The number of hydrogen-bond acceptors (Lipinski definition) is 2. The molecule has 2 atom stereocenters. The molecule has 0 saturated heterocycles. The van der Waals surface area contributed by atoms with E-state index >= 15 is 4.39 Å². The van der Waals surface area contributed by atoms with Crippen LogP contribution in [0, 0.1) is 5.82 Å². The molecule has 1 spiro atoms. The van der Waals surface area contributed by atoms with E-state index in [1.807, 2.05) is 13.8 Å². The van der Waals surface area contributed by atoms with E-state index in [1.165, 1.54) is 24.3 Å². The second-order valence-electron chi connectivity index (χ2n) is 10.2. The first-order chi connectivity index (χ1) is 17.0. The number of hydrogen-bond donors (Lipinski definition) is 1. The van der Waals surface area contributed by atoms with Crippen LogP contribution in [0.3, 0.4) is 0 Å². The van der Waals surface area contributed by atoms with Crippen molar-refractivity contribution in [2.75, 3.05) is 0 Å². The topological polar surface area (TPSA) is 29.5 Å². The average Bonchev–Trinajstić information content (AvgIpc) is 2.81. The molecule has 2 aliphatic rings. The van der Waals surface area contributed by atoms with E-state index in [0.29, 0.717) is 34.4 Å². The van der Waals surface area contributed by atoms with Gasteiger partial charge in [0.2, 0.25) is 0 Å². The van der Waals surface area contributed by atoms with Gasteiger partial charge in [0.15, 0.2) is 6.17 Å². The number of benzene rings is 3. The van der Waals surface area contributed by atoms with Crippen LogP contribution in [0.15, 0.2) is 54.6 Å². The summed E-state index contributed by atoms with van der Waals surface area (Å²) in [6.07, 6.45) is -4.21. The summed E-state index contributed by atoms with van der Waals surface area (Å²) < 4.78 is 75.9. The van der Waals surface area contributed by atoms with Crippen LogP contribution < -0.4 is 4.74 Å². The van der Waals surface area contributed by atoms with Crippen LogP contribution in [0.2, 0.25) is 0 Å². The van der Waals surface area contributed by atoms with Gasteiger partial charge in [0.1, 0.15) is 17.2 Å². The molecule has 36 heavy (non-hydrogen) atoms. The van der Waals surface area contributed by atoms with Crippen LogP contribution >= 0.6 is 0 Å². The number of halogens is 5. The molecule has 1 saturated carbocycles. The molecule has 0 bridgehead atoms. The van der Waals surface area contributed by atoms with Gasteiger partial charge in [-0.2, -0.15) is 13.2 Å². The third kappa shape index (κ3) is 4.27. The minimum Gasteiger partial charge on any atom is -0.487 e. The summed E-state index contributed by atoms with van der Waals surface area (Å²) in [4.78, 5) is 0. The van der Waals surface area contributed by atoms with Gasteiger partial charge in [0.25, 0.3) is 0 Å².